The van der Waals surface area contributed by atoms with Crippen LogP contribution in [0.4, 0.5) is 5.95 Å². The maximum atomic E-state index is 13.5. The van der Waals surface area contributed by atoms with Gasteiger partial charge in [0.05, 0.1) is 5.57 Å². The molecule has 1 aromatic heterocycles. The summed E-state index contributed by atoms with van der Waals surface area (Å²) in [6.07, 6.45) is 5.03. The monoisotopic (exact) mass is 557 g/mol. The standard InChI is InChI=1S/C25H25BrClN5O3/c1-15-22(24(33)35-19-5-3-2-4-6-19)23(32-25(28-15)29-30-31-32)20-13-17(26)9-12-21(20)34-14-16-7-10-18(27)11-8-16/h7-13,19,23H,2-6,14H2,1H3,(H,28,29,31). The fourth-order valence-electron chi connectivity index (χ4n) is 4.57. The second kappa shape index (κ2) is 10.4. The first kappa shape index (κ1) is 23.8. The Morgan fingerprint density at radius 2 is 1.94 bits per heavy atom. The summed E-state index contributed by atoms with van der Waals surface area (Å²) < 4.78 is 14.6. The lowest BCUT2D eigenvalue weighted by Gasteiger charge is -2.30. The van der Waals surface area contributed by atoms with Crippen LogP contribution < -0.4 is 10.1 Å². The second-order valence-electron chi connectivity index (χ2n) is 8.78. The number of anilines is 1. The van der Waals surface area contributed by atoms with Crippen molar-refractivity contribution in [1.82, 2.24) is 20.2 Å². The molecule has 0 radical (unpaired) electrons. The summed E-state index contributed by atoms with van der Waals surface area (Å²) in [4.78, 5) is 13.5. The highest BCUT2D eigenvalue weighted by molar-refractivity contribution is 9.10. The van der Waals surface area contributed by atoms with E-state index in [2.05, 4.69) is 36.8 Å². The molecule has 0 bridgehead atoms. The Labute approximate surface area is 216 Å². The van der Waals surface area contributed by atoms with Crippen LogP contribution in [0.3, 0.4) is 0 Å². The first-order chi connectivity index (χ1) is 17.0. The van der Waals surface area contributed by atoms with E-state index in [4.69, 9.17) is 21.1 Å². The van der Waals surface area contributed by atoms with E-state index in [1.807, 2.05) is 49.4 Å². The van der Waals surface area contributed by atoms with Gasteiger partial charge in [0.15, 0.2) is 0 Å². The van der Waals surface area contributed by atoms with Gasteiger partial charge in [0.1, 0.15) is 24.5 Å². The Bertz CT molecular complexity index is 1250. The van der Waals surface area contributed by atoms with Gasteiger partial charge < -0.3 is 14.8 Å². The van der Waals surface area contributed by atoms with E-state index in [0.717, 1.165) is 41.3 Å². The third-order valence-corrected chi connectivity index (χ3v) is 7.08. The van der Waals surface area contributed by atoms with Crippen molar-refractivity contribution in [2.75, 3.05) is 5.32 Å². The molecule has 0 amide bonds. The normalized spacial score (nSPS) is 18.1. The molecule has 2 aliphatic rings. The minimum atomic E-state index is -0.616. The van der Waals surface area contributed by atoms with E-state index in [9.17, 15) is 4.79 Å². The van der Waals surface area contributed by atoms with E-state index >= 15 is 0 Å². The zero-order chi connectivity index (χ0) is 24.4. The molecule has 1 N–H and O–H groups in total. The summed E-state index contributed by atoms with van der Waals surface area (Å²) in [6, 6.07) is 12.6. The average molecular weight is 559 g/mol. The summed E-state index contributed by atoms with van der Waals surface area (Å²) in [5.41, 5.74) is 2.84. The number of nitrogens with zero attached hydrogens (tertiary/aromatic N) is 4. The second-order valence-corrected chi connectivity index (χ2v) is 10.1. The smallest absolute Gasteiger partial charge is 0.338 e. The molecule has 0 spiro atoms. The Kier molecular flexibility index (Phi) is 7.06. The number of carbonyl (C=O) groups excluding carboxylic acids is 1. The molecule has 5 rings (SSSR count). The molecule has 8 nitrogen and oxygen atoms in total. The summed E-state index contributed by atoms with van der Waals surface area (Å²) in [6.45, 7) is 2.18. The largest absolute Gasteiger partial charge is 0.489 e. The van der Waals surface area contributed by atoms with Crippen LogP contribution in [0.2, 0.25) is 5.02 Å². The van der Waals surface area contributed by atoms with Gasteiger partial charge in [-0.2, -0.15) is 4.68 Å². The number of fused-ring (bicyclic) bond motifs is 1. The number of carbonyl (C=O) groups is 1. The summed E-state index contributed by atoms with van der Waals surface area (Å²) in [5.74, 6) is 0.703. The molecule has 1 aliphatic heterocycles. The average Bonchev–Trinajstić information content (AvgIpc) is 3.32. The van der Waals surface area contributed by atoms with Crippen LogP contribution in [0.1, 0.15) is 56.2 Å². The van der Waals surface area contributed by atoms with Crippen molar-refractivity contribution < 1.29 is 14.3 Å². The summed E-state index contributed by atoms with van der Waals surface area (Å²) >= 11 is 9.59. The number of tetrazole rings is 1. The highest BCUT2D eigenvalue weighted by Crippen LogP contribution is 2.41. The molecule has 10 heteroatoms. The molecule has 35 heavy (non-hydrogen) atoms. The van der Waals surface area contributed by atoms with Crippen molar-refractivity contribution in [1.29, 1.82) is 0 Å². The van der Waals surface area contributed by atoms with Gasteiger partial charge in [0, 0.05) is 20.8 Å². The van der Waals surface area contributed by atoms with Crippen molar-refractivity contribution in [3.8, 4) is 5.75 Å². The lowest BCUT2D eigenvalue weighted by molar-refractivity contribution is -0.146. The van der Waals surface area contributed by atoms with Gasteiger partial charge in [-0.3, -0.25) is 0 Å². The van der Waals surface area contributed by atoms with Gasteiger partial charge in [-0.25, -0.2) is 4.79 Å². The number of allylic oxidation sites excluding steroid dienone is 1. The Morgan fingerprint density at radius 3 is 2.71 bits per heavy atom. The molecular formula is C25H25BrClN5O3. The van der Waals surface area contributed by atoms with Crippen molar-refractivity contribution in [2.24, 2.45) is 0 Å². The fraction of sp³-hybridized carbons (Fsp3) is 0.360. The van der Waals surface area contributed by atoms with E-state index < -0.39 is 6.04 Å². The Hall–Kier alpha value is -2.91. The maximum Gasteiger partial charge on any atom is 0.338 e. The first-order valence-corrected chi connectivity index (χ1v) is 12.8. The molecule has 1 fully saturated rings. The van der Waals surface area contributed by atoms with E-state index in [1.165, 1.54) is 6.42 Å². The van der Waals surface area contributed by atoms with Crippen molar-refractivity contribution in [2.45, 2.75) is 57.8 Å². The van der Waals surface area contributed by atoms with Gasteiger partial charge in [0.25, 0.3) is 0 Å². The molecule has 182 valence electrons. The molecule has 1 atom stereocenters. The fourth-order valence-corrected chi connectivity index (χ4v) is 5.07. The highest BCUT2D eigenvalue weighted by atomic mass is 79.9. The number of nitrogens with one attached hydrogen (secondary N) is 1. The van der Waals surface area contributed by atoms with Gasteiger partial charge in [0.2, 0.25) is 5.95 Å². The first-order valence-electron chi connectivity index (χ1n) is 11.6. The van der Waals surface area contributed by atoms with E-state index in [0.29, 0.717) is 34.6 Å². The van der Waals surface area contributed by atoms with E-state index in [-0.39, 0.29) is 12.1 Å². The van der Waals surface area contributed by atoms with Gasteiger partial charge >= 0.3 is 5.97 Å². The third-order valence-electron chi connectivity index (χ3n) is 6.33. The minimum absolute atomic E-state index is 0.0735. The number of ether oxygens (including phenoxy) is 2. The summed E-state index contributed by atoms with van der Waals surface area (Å²) in [7, 11) is 0. The summed E-state index contributed by atoms with van der Waals surface area (Å²) in [5, 5.41) is 15.9. The molecule has 1 aliphatic carbocycles. The van der Waals surface area contributed by atoms with Crippen LogP contribution >= 0.6 is 27.5 Å². The number of benzene rings is 2. The number of hydrogen-bond acceptors (Lipinski definition) is 7. The van der Waals surface area contributed by atoms with Crippen LogP contribution in [0.5, 0.6) is 5.75 Å². The lowest BCUT2D eigenvalue weighted by Crippen LogP contribution is -2.32. The molecule has 1 saturated carbocycles. The predicted octanol–water partition coefficient (Wildman–Crippen LogP) is 5.83. The van der Waals surface area contributed by atoms with Crippen LogP contribution in [-0.4, -0.2) is 32.3 Å². The SMILES string of the molecule is CC1=C(C(=O)OC2CCCCC2)C(c2cc(Br)ccc2OCc2ccc(Cl)cc2)n2nnnc2N1. The number of aromatic nitrogens is 4. The maximum absolute atomic E-state index is 13.5. The number of rotatable bonds is 6. The molecule has 0 saturated heterocycles. The third kappa shape index (κ3) is 5.21. The van der Waals surface area contributed by atoms with Crippen LogP contribution in [0.15, 0.2) is 58.2 Å². The quantitative estimate of drug-likeness (QED) is 0.381. The topological polar surface area (TPSA) is 91.2 Å². The minimum Gasteiger partial charge on any atom is -0.489 e. The number of hydrogen-bond donors (Lipinski definition) is 1. The number of halogens is 2. The van der Waals surface area contributed by atoms with Crippen LogP contribution in [-0.2, 0) is 16.1 Å². The van der Waals surface area contributed by atoms with Gasteiger partial charge in [-0.05, 0) is 78.9 Å². The number of esters is 1. The van der Waals surface area contributed by atoms with E-state index in [1.54, 1.807) is 4.68 Å². The van der Waals surface area contributed by atoms with Crippen LogP contribution in [0.25, 0.3) is 0 Å². The molecular weight excluding hydrogens is 534 g/mol. The van der Waals surface area contributed by atoms with Gasteiger partial charge in [-0.15, -0.1) is 0 Å². The van der Waals surface area contributed by atoms with Crippen molar-refractivity contribution in [3.05, 3.63) is 74.4 Å². The highest BCUT2D eigenvalue weighted by Gasteiger charge is 2.37. The zero-order valence-electron chi connectivity index (χ0n) is 19.2. The molecule has 2 heterocycles. The van der Waals surface area contributed by atoms with Gasteiger partial charge in [-0.1, -0.05) is 51.2 Å². The van der Waals surface area contributed by atoms with Crippen LogP contribution in [0, 0.1) is 0 Å². The Morgan fingerprint density at radius 1 is 1.17 bits per heavy atom. The van der Waals surface area contributed by atoms with Crippen molar-refractivity contribution in [3.63, 3.8) is 0 Å². The molecule has 2 aromatic carbocycles. The molecule has 1 unspecified atom stereocenters. The lowest BCUT2D eigenvalue weighted by atomic mass is 9.94. The van der Waals surface area contributed by atoms with Crippen molar-refractivity contribution >= 4 is 39.4 Å². The predicted molar refractivity (Wildman–Crippen MR) is 135 cm³/mol. The zero-order valence-corrected chi connectivity index (χ0v) is 21.6. The Balaban J connectivity index is 1.50. The molecule has 3 aromatic rings.